The lowest BCUT2D eigenvalue weighted by Gasteiger charge is -2.35. The highest BCUT2D eigenvalue weighted by Crippen LogP contribution is 2.42. The van der Waals surface area contributed by atoms with Crippen molar-refractivity contribution in [3.05, 3.63) is 0 Å². The SMILES string of the molecule is CCN1CCN(C(=O)C(C)Sc2nnc(N3CCCC3)n2C2CC2)CC1. The number of carbonyl (C=O) groups excluding carboxylic acids is 1. The number of piperazine rings is 1. The molecule has 1 unspecified atom stereocenters. The Hall–Kier alpha value is -1.28. The van der Waals surface area contributed by atoms with Crippen molar-refractivity contribution >= 4 is 23.6 Å². The van der Waals surface area contributed by atoms with Gasteiger partial charge in [-0.05, 0) is 39.2 Å². The molecule has 1 saturated carbocycles. The highest BCUT2D eigenvalue weighted by molar-refractivity contribution is 8.00. The summed E-state index contributed by atoms with van der Waals surface area (Å²) in [5, 5.41) is 9.77. The molecule has 0 N–H and O–H groups in total. The smallest absolute Gasteiger partial charge is 0.235 e. The van der Waals surface area contributed by atoms with Crippen LogP contribution in [0.3, 0.4) is 0 Å². The van der Waals surface area contributed by atoms with Crippen LogP contribution in [0.25, 0.3) is 0 Å². The van der Waals surface area contributed by atoms with Gasteiger partial charge < -0.3 is 14.7 Å². The lowest BCUT2D eigenvalue weighted by atomic mass is 10.3. The Kier molecular flexibility index (Phi) is 5.40. The Morgan fingerprint density at radius 1 is 1.12 bits per heavy atom. The third kappa shape index (κ3) is 3.71. The minimum absolute atomic E-state index is 0.115. The highest BCUT2D eigenvalue weighted by Gasteiger charge is 2.34. The average Bonchev–Trinajstić information content (AvgIpc) is 3.19. The summed E-state index contributed by atoms with van der Waals surface area (Å²) in [5.41, 5.74) is 0. The Labute approximate surface area is 160 Å². The molecule has 3 heterocycles. The van der Waals surface area contributed by atoms with E-state index in [-0.39, 0.29) is 11.2 Å². The van der Waals surface area contributed by atoms with Gasteiger partial charge in [0, 0.05) is 45.3 Å². The lowest BCUT2D eigenvalue weighted by Crippen LogP contribution is -2.50. The Morgan fingerprint density at radius 2 is 1.81 bits per heavy atom. The Morgan fingerprint density at radius 3 is 2.42 bits per heavy atom. The van der Waals surface area contributed by atoms with Gasteiger partial charge in [0.25, 0.3) is 0 Å². The third-order valence-corrected chi connectivity index (χ3v) is 6.75. The molecule has 1 aromatic rings. The van der Waals surface area contributed by atoms with Gasteiger partial charge in [-0.25, -0.2) is 0 Å². The Bertz CT molecular complexity index is 632. The van der Waals surface area contributed by atoms with Crippen LogP contribution in [-0.4, -0.2) is 81.5 Å². The minimum Gasteiger partial charge on any atom is -0.341 e. The van der Waals surface area contributed by atoms with Gasteiger partial charge in [0.15, 0.2) is 5.16 Å². The van der Waals surface area contributed by atoms with Crippen LogP contribution in [0.1, 0.15) is 45.6 Å². The van der Waals surface area contributed by atoms with E-state index < -0.39 is 0 Å². The number of carbonyl (C=O) groups is 1. The van der Waals surface area contributed by atoms with E-state index in [1.165, 1.54) is 25.7 Å². The second kappa shape index (κ2) is 7.76. The maximum atomic E-state index is 12.9. The molecule has 8 heteroatoms. The molecule has 0 aromatic carbocycles. The zero-order valence-corrected chi connectivity index (χ0v) is 16.7. The van der Waals surface area contributed by atoms with Crippen LogP contribution >= 0.6 is 11.8 Å². The number of hydrogen-bond donors (Lipinski definition) is 0. The second-order valence-electron chi connectivity index (χ2n) is 7.60. The zero-order chi connectivity index (χ0) is 18.1. The fraction of sp³-hybridized carbons (Fsp3) is 0.833. The van der Waals surface area contributed by atoms with Crippen molar-refractivity contribution in [2.24, 2.45) is 0 Å². The van der Waals surface area contributed by atoms with Crippen LogP contribution in [0.5, 0.6) is 0 Å². The first-order valence-corrected chi connectivity index (χ1v) is 10.9. The summed E-state index contributed by atoms with van der Waals surface area (Å²) in [4.78, 5) is 19.6. The number of anilines is 1. The van der Waals surface area contributed by atoms with Crippen molar-refractivity contribution in [3.63, 3.8) is 0 Å². The number of aromatic nitrogens is 3. The number of amides is 1. The van der Waals surface area contributed by atoms with Crippen molar-refractivity contribution in [2.75, 3.05) is 50.7 Å². The number of rotatable bonds is 6. The molecular formula is C18H30N6OS. The number of thioether (sulfide) groups is 1. The van der Waals surface area contributed by atoms with Crippen LogP contribution in [0.2, 0.25) is 0 Å². The third-order valence-electron chi connectivity index (χ3n) is 5.71. The molecule has 144 valence electrons. The van der Waals surface area contributed by atoms with Crippen molar-refractivity contribution in [2.45, 2.75) is 56.0 Å². The maximum absolute atomic E-state index is 12.9. The normalized spacial score (nSPS) is 22.8. The zero-order valence-electron chi connectivity index (χ0n) is 15.9. The summed E-state index contributed by atoms with van der Waals surface area (Å²) in [5.74, 6) is 1.25. The number of nitrogens with zero attached hydrogens (tertiary/aromatic N) is 6. The average molecular weight is 379 g/mol. The van der Waals surface area contributed by atoms with Gasteiger partial charge in [-0.2, -0.15) is 0 Å². The molecule has 1 aromatic heterocycles. The topological polar surface area (TPSA) is 57.5 Å². The van der Waals surface area contributed by atoms with Gasteiger partial charge in [0.2, 0.25) is 11.9 Å². The highest BCUT2D eigenvalue weighted by atomic mass is 32.2. The van der Waals surface area contributed by atoms with E-state index in [1.54, 1.807) is 11.8 Å². The summed E-state index contributed by atoms with van der Waals surface area (Å²) in [6.07, 6.45) is 4.87. The van der Waals surface area contributed by atoms with Gasteiger partial charge in [-0.3, -0.25) is 9.36 Å². The molecule has 0 bridgehead atoms. The van der Waals surface area contributed by atoms with E-state index >= 15 is 0 Å². The summed E-state index contributed by atoms with van der Waals surface area (Å²) in [7, 11) is 0. The van der Waals surface area contributed by atoms with E-state index in [9.17, 15) is 4.79 Å². The molecule has 2 aliphatic heterocycles. The molecule has 1 aliphatic carbocycles. The molecule has 1 amide bonds. The largest absolute Gasteiger partial charge is 0.341 e. The van der Waals surface area contributed by atoms with Crippen LogP contribution in [0.4, 0.5) is 5.95 Å². The summed E-state index contributed by atoms with van der Waals surface area (Å²) in [6.45, 7) is 11.1. The van der Waals surface area contributed by atoms with Gasteiger partial charge in [-0.1, -0.05) is 18.7 Å². The first-order valence-electron chi connectivity index (χ1n) is 10.0. The molecule has 26 heavy (non-hydrogen) atoms. The quantitative estimate of drug-likeness (QED) is 0.704. The number of likely N-dealkylation sites (N-methyl/N-ethyl adjacent to an activating group) is 1. The molecule has 7 nitrogen and oxygen atoms in total. The fourth-order valence-corrected chi connectivity index (χ4v) is 4.88. The van der Waals surface area contributed by atoms with Crippen LogP contribution in [0, 0.1) is 0 Å². The minimum atomic E-state index is -0.115. The van der Waals surface area contributed by atoms with Gasteiger partial charge in [0.05, 0.1) is 5.25 Å². The van der Waals surface area contributed by atoms with Crippen LogP contribution < -0.4 is 4.90 Å². The lowest BCUT2D eigenvalue weighted by molar-refractivity contribution is -0.132. The van der Waals surface area contributed by atoms with Crippen molar-refractivity contribution in [1.82, 2.24) is 24.6 Å². The van der Waals surface area contributed by atoms with Crippen LogP contribution in [-0.2, 0) is 4.79 Å². The summed E-state index contributed by atoms with van der Waals surface area (Å²) in [6, 6.07) is 0.526. The monoisotopic (exact) mass is 378 g/mol. The number of hydrogen-bond acceptors (Lipinski definition) is 6. The van der Waals surface area contributed by atoms with Gasteiger partial charge >= 0.3 is 0 Å². The summed E-state index contributed by atoms with van der Waals surface area (Å²) < 4.78 is 2.30. The van der Waals surface area contributed by atoms with Crippen molar-refractivity contribution in [1.29, 1.82) is 0 Å². The molecule has 3 fully saturated rings. The molecule has 2 saturated heterocycles. The predicted octanol–water partition coefficient (Wildman–Crippen LogP) is 1.86. The summed E-state index contributed by atoms with van der Waals surface area (Å²) >= 11 is 1.58. The van der Waals surface area contributed by atoms with E-state index in [1.807, 2.05) is 11.8 Å². The van der Waals surface area contributed by atoms with Gasteiger partial charge in [-0.15, -0.1) is 10.2 Å². The molecule has 4 rings (SSSR count). The first kappa shape index (κ1) is 18.1. The molecule has 0 spiro atoms. The van der Waals surface area contributed by atoms with Crippen molar-refractivity contribution < 1.29 is 4.79 Å². The Balaban J connectivity index is 1.42. The first-order chi connectivity index (χ1) is 12.7. The van der Waals surface area contributed by atoms with E-state index in [2.05, 4.69) is 31.5 Å². The van der Waals surface area contributed by atoms with E-state index in [4.69, 9.17) is 0 Å². The van der Waals surface area contributed by atoms with E-state index in [0.717, 1.165) is 56.9 Å². The second-order valence-corrected chi connectivity index (χ2v) is 8.91. The molecular weight excluding hydrogens is 348 g/mol. The predicted molar refractivity (Wildman–Crippen MR) is 104 cm³/mol. The van der Waals surface area contributed by atoms with Gasteiger partial charge in [0.1, 0.15) is 0 Å². The molecule has 3 aliphatic rings. The standard InChI is InChI=1S/C18H30N6OS/c1-3-21-10-12-22(13-11-21)16(25)14(2)26-18-20-19-17(23-8-4-5-9-23)24(18)15-6-7-15/h14-15H,3-13H2,1-2H3. The molecule has 0 radical (unpaired) electrons. The fourth-order valence-electron chi connectivity index (χ4n) is 3.88. The van der Waals surface area contributed by atoms with Crippen LogP contribution in [0.15, 0.2) is 5.16 Å². The molecule has 1 atom stereocenters. The van der Waals surface area contributed by atoms with Crippen molar-refractivity contribution in [3.8, 4) is 0 Å². The maximum Gasteiger partial charge on any atom is 0.235 e. The van der Waals surface area contributed by atoms with E-state index in [0.29, 0.717) is 6.04 Å².